The Morgan fingerprint density at radius 3 is 2.84 bits per heavy atom. The normalized spacial score (nSPS) is 10.2. The van der Waals surface area contributed by atoms with Crippen molar-refractivity contribution >= 4 is 17.2 Å². The van der Waals surface area contributed by atoms with Crippen LogP contribution in [-0.4, -0.2) is 26.9 Å². The first-order valence-corrected chi connectivity index (χ1v) is 6.11. The number of nitrogens with two attached hydrogens (primary N) is 1. The van der Waals surface area contributed by atoms with Gasteiger partial charge in [0, 0.05) is 6.61 Å². The van der Waals surface area contributed by atoms with Gasteiger partial charge >= 0.3 is 0 Å². The quantitative estimate of drug-likeness (QED) is 0.804. The van der Waals surface area contributed by atoms with Gasteiger partial charge in [-0.2, -0.15) is 5.10 Å². The number of aromatic nitrogens is 2. The number of hydrogen-bond acceptors (Lipinski definition) is 5. The minimum Gasteiger partial charge on any atom is -0.437 e. The Hall–Kier alpha value is -2.05. The molecule has 0 saturated heterocycles. The van der Waals surface area contributed by atoms with Gasteiger partial charge in [0.15, 0.2) is 0 Å². The second kappa shape index (κ2) is 6.21. The van der Waals surface area contributed by atoms with E-state index in [0.717, 1.165) is 5.56 Å². The number of benzene rings is 1. The molecule has 0 aliphatic carbocycles. The fourth-order valence-corrected chi connectivity index (χ4v) is 1.77. The Morgan fingerprint density at radius 1 is 1.32 bits per heavy atom. The molecule has 0 aliphatic heterocycles. The molecule has 0 spiro atoms. The number of hydrogen-bond donors (Lipinski definition) is 2. The highest BCUT2D eigenvalue weighted by Gasteiger charge is 2.11. The zero-order valence-corrected chi connectivity index (χ0v) is 10.9. The van der Waals surface area contributed by atoms with Crippen molar-refractivity contribution in [1.82, 2.24) is 10.2 Å². The molecule has 0 aliphatic rings. The number of rotatable bonds is 5. The Kier molecular flexibility index (Phi) is 4.38. The summed E-state index contributed by atoms with van der Waals surface area (Å²) in [7, 11) is 0. The van der Waals surface area contributed by atoms with Gasteiger partial charge in [0.05, 0.1) is 11.8 Å². The molecule has 0 atom stereocenters. The molecule has 0 saturated carbocycles. The van der Waals surface area contributed by atoms with E-state index in [1.165, 1.54) is 6.20 Å². The van der Waals surface area contributed by atoms with Crippen molar-refractivity contribution in [2.45, 2.75) is 6.42 Å². The van der Waals surface area contributed by atoms with Gasteiger partial charge in [-0.15, -0.1) is 5.10 Å². The van der Waals surface area contributed by atoms with E-state index in [-0.39, 0.29) is 17.5 Å². The average Bonchev–Trinajstić information content (AvgIpc) is 2.42. The van der Waals surface area contributed by atoms with Crippen LogP contribution in [0.2, 0.25) is 0 Å². The summed E-state index contributed by atoms with van der Waals surface area (Å²) >= 11 is 4.94. The second-order valence-corrected chi connectivity index (χ2v) is 4.24. The van der Waals surface area contributed by atoms with Crippen LogP contribution in [0.15, 0.2) is 36.5 Å². The van der Waals surface area contributed by atoms with Crippen LogP contribution in [0, 0.1) is 0 Å². The summed E-state index contributed by atoms with van der Waals surface area (Å²) in [5, 5.41) is 16.7. The predicted octanol–water partition coefficient (Wildman–Crippen LogP) is 1.44. The van der Waals surface area contributed by atoms with Crippen molar-refractivity contribution in [3.63, 3.8) is 0 Å². The highest BCUT2D eigenvalue weighted by Crippen LogP contribution is 2.26. The van der Waals surface area contributed by atoms with E-state index in [9.17, 15) is 0 Å². The fraction of sp³-hybridized carbons (Fsp3) is 0.154. The Balaban J connectivity index is 2.34. The van der Waals surface area contributed by atoms with Crippen molar-refractivity contribution in [3.8, 4) is 11.6 Å². The fourth-order valence-electron chi connectivity index (χ4n) is 1.62. The van der Waals surface area contributed by atoms with Crippen LogP contribution < -0.4 is 10.5 Å². The largest absolute Gasteiger partial charge is 0.437 e. The molecular weight excluding hydrogens is 262 g/mol. The number of thiocarbonyl (C=S) groups is 1. The minimum absolute atomic E-state index is 0.0446. The molecule has 1 aromatic heterocycles. The molecule has 0 amide bonds. The molecule has 0 bridgehead atoms. The van der Waals surface area contributed by atoms with Gasteiger partial charge in [-0.1, -0.05) is 30.4 Å². The minimum atomic E-state index is 0.0446. The van der Waals surface area contributed by atoms with Gasteiger partial charge in [-0.05, 0) is 24.1 Å². The van der Waals surface area contributed by atoms with Crippen LogP contribution in [0.5, 0.6) is 11.6 Å². The molecular formula is C13H13N3O2S. The molecule has 1 heterocycles. The summed E-state index contributed by atoms with van der Waals surface area (Å²) in [5.74, 6) is 0.870. The first kappa shape index (κ1) is 13.4. The zero-order valence-electron chi connectivity index (χ0n) is 10.1. The average molecular weight is 275 g/mol. The van der Waals surface area contributed by atoms with E-state index in [2.05, 4.69) is 10.2 Å². The van der Waals surface area contributed by atoms with Gasteiger partial charge in [-0.25, -0.2) is 0 Å². The van der Waals surface area contributed by atoms with Gasteiger partial charge in [0.25, 0.3) is 0 Å². The predicted molar refractivity (Wildman–Crippen MR) is 75.2 cm³/mol. The van der Waals surface area contributed by atoms with Gasteiger partial charge in [0.2, 0.25) is 5.88 Å². The topological polar surface area (TPSA) is 81.3 Å². The van der Waals surface area contributed by atoms with Crippen LogP contribution in [0.3, 0.4) is 0 Å². The Morgan fingerprint density at radius 2 is 2.11 bits per heavy atom. The number of para-hydroxylation sites is 1. The van der Waals surface area contributed by atoms with Crippen LogP contribution in [0.1, 0.15) is 11.1 Å². The molecule has 2 rings (SSSR count). The molecule has 1 aromatic carbocycles. The SMILES string of the molecule is NC(=S)c1ccnnc1Oc1ccccc1CCO. The molecule has 3 N–H and O–H groups in total. The van der Waals surface area contributed by atoms with E-state index < -0.39 is 0 Å². The van der Waals surface area contributed by atoms with Crippen molar-refractivity contribution in [1.29, 1.82) is 0 Å². The van der Waals surface area contributed by atoms with Crippen LogP contribution in [0.4, 0.5) is 0 Å². The molecule has 2 aromatic rings. The number of aliphatic hydroxyl groups is 1. The highest BCUT2D eigenvalue weighted by molar-refractivity contribution is 7.80. The van der Waals surface area contributed by atoms with Gasteiger partial charge in [-0.3, -0.25) is 0 Å². The van der Waals surface area contributed by atoms with Crippen molar-refractivity contribution in [2.75, 3.05) is 6.61 Å². The van der Waals surface area contributed by atoms with E-state index >= 15 is 0 Å². The third kappa shape index (κ3) is 3.24. The number of ether oxygens (including phenoxy) is 1. The summed E-state index contributed by atoms with van der Waals surface area (Å²) in [6.07, 6.45) is 2.00. The number of nitrogens with zero attached hydrogens (tertiary/aromatic N) is 2. The van der Waals surface area contributed by atoms with Crippen molar-refractivity contribution < 1.29 is 9.84 Å². The molecule has 98 valence electrons. The van der Waals surface area contributed by atoms with E-state index in [1.807, 2.05) is 18.2 Å². The maximum absolute atomic E-state index is 9.03. The summed E-state index contributed by atoms with van der Waals surface area (Å²) in [6, 6.07) is 9.04. The van der Waals surface area contributed by atoms with Gasteiger partial charge in [0.1, 0.15) is 10.7 Å². The monoisotopic (exact) mass is 275 g/mol. The summed E-state index contributed by atoms with van der Waals surface area (Å²) in [6.45, 7) is 0.0446. The number of aliphatic hydroxyl groups excluding tert-OH is 1. The van der Waals surface area contributed by atoms with Gasteiger partial charge < -0.3 is 15.6 Å². The zero-order chi connectivity index (χ0) is 13.7. The van der Waals surface area contributed by atoms with Crippen LogP contribution >= 0.6 is 12.2 Å². The molecule has 5 nitrogen and oxygen atoms in total. The first-order valence-electron chi connectivity index (χ1n) is 5.70. The molecule has 0 unspecified atom stereocenters. The second-order valence-electron chi connectivity index (χ2n) is 3.80. The maximum Gasteiger partial charge on any atom is 0.249 e. The van der Waals surface area contributed by atoms with Crippen molar-refractivity contribution in [3.05, 3.63) is 47.7 Å². The lowest BCUT2D eigenvalue weighted by molar-refractivity contribution is 0.297. The third-order valence-corrected chi connectivity index (χ3v) is 2.73. The Labute approximate surface area is 116 Å². The summed E-state index contributed by atoms with van der Waals surface area (Å²) < 4.78 is 5.70. The lowest BCUT2D eigenvalue weighted by Crippen LogP contribution is -2.12. The lowest BCUT2D eigenvalue weighted by atomic mass is 10.1. The van der Waals surface area contributed by atoms with Crippen LogP contribution in [-0.2, 0) is 6.42 Å². The van der Waals surface area contributed by atoms with Crippen molar-refractivity contribution in [2.24, 2.45) is 5.73 Å². The standard InChI is InChI=1S/C13H13N3O2S/c14-12(19)10-5-7-15-16-13(10)18-11-4-2-1-3-9(11)6-8-17/h1-5,7,17H,6,8H2,(H2,14,19). The maximum atomic E-state index is 9.03. The third-order valence-electron chi connectivity index (χ3n) is 2.51. The Bertz CT molecular complexity index is 590. The van der Waals surface area contributed by atoms with Crippen LogP contribution in [0.25, 0.3) is 0 Å². The summed E-state index contributed by atoms with van der Waals surface area (Å²) in [5.41, 5.74) is 7.02. The van der Waals surface area contributed by atoms with E-state index in [4.69, 9.17) is 27.8 Å². The lowest BCUT2D eigenvalue weighted by Gasteiger charge is -2.11. The summed E-state index contributed by atoms with van der Waals surface area (Å²) in [4.78, 5) is 0.199. The van der Waals surface area contributed by atoms with E-state index in [1.54, 1.807) is 12.1 Å². The molecule has 19 heavy (non-hydrogen) atoms. The van der Waals surface area contributed by atoms with E-state index in [0.29, 0.717) is 17.7 Å². The molecule has 0 radical (unpaired) electrons. The highest BCUT2D eigenvalue weighted by atomic mass is 32.1. The molecule has 6 heteroatoms. The first-order chi connectivity index (χ1) is 9.22. The smallest absolute Gasteiger partial charge is 0.249 e. The molecule has 0 fully saturated rings.